The third kappa shape index (κ3) is 1.75. The molecular formula is C8H13NO3. The molecule has 1 heterocycles. The van der Waals surface area contributed by atoms with Gasteiger partial charge in [-0.3, -0.25) is 9.59 Å². The SMILES string of the molecule is CCCC1C(=O)NC1OC(C)=O. The highest BCUT2D eigenvalue weighted by atomic mass is 16.6. The molecule has 0 aromatic rings. The first-order valence-corrected chi connectivity index (χ1v) is 4.12. The first-order valence-electron chi connectivity index (χ1n) is 4.12. The number of hydrogen-bond acceptors (Lipinski definition) is 3. The molecule has 4 heteroatoms. The Bertz CT molecular complexity index is 202. The van der Waals surface area contributed by atoms with Crippen LogP contribution in [0.2, 0.25) is 0 Å². The monoisotopic (exact) mass is 171 g/mol. The van der Waals surface area contributed by atoms with E-state index in [4.69, 9.17) is 4.74 Å². The summed E-state index contributed by atoms with van der Waals surface area (Å²) in [5.41, 5.74) is 0. The third-order valence-corrected chi connectivity index (χ3v) is 1.88. The van der Waals surface area contributed by atoms with Crippen molar-refractivity contribution < 1.29 is 14.3 Å². The van der Waals surface area contributed by atoms with Crippen LogP contribution in [0.15, 0.2) is 0 Å². The maximum atomic E-state index is 10.9. The van der Waals surface area contributed by atoms with Gasteiger partial charge >= 0.3 is 5.97 Å². The number of hydrogen-bond donors (Lipinski definition) is 1. The average molecular weight is 171 g/mol. The van der Waals surface area contributed by atoms with Crippen LogP contribution in [0.25, 0.3) is 0 Å². The molecule has 1 rings (SSSR count). The molecule has 1 aliphatic rings. The van der Waals surface area contributed by atoms with E-state index < -0.39 is 0 Å². The molecule has 2 unspecified atom stereocenters. The zero-order valence-electron chi connectivity index (χ0n) is 7.29. The highest BCUT2D eigenvalue weighted by molar-refractivity contribution is 5.86. The van der Waals surface area contributed by atoms with Gasteiger partial charge in [-0.2, -0.15) is 0 Å². The van der Waals surface area contributed by atoms with Gasteiger partial charge in [0.15, 0.2) is 6.23 Å². The molecular weight excluding hydrogens is 158 g/mol. The zero-order chi connectivity index (χ0) is 9.14. The van der Waals surface area contributed by atoms with Crippen LogP contribution in [-0.2, 0) is 14.3 Å². The minimum Gasteiger partial charge on any atom is -0.441 e. The molecule has 12 heavy (non-hydrogen) atoms. The first-order chi connectivity index (χ1) is 5.65. The molecule has 0 aromatic heterocycles. The summed E-state index contributed by atoms with van der Waals surface area (Å²) in [6.45, 7) is 3.34. The van der Waals surface area contributed by atoms with Crippen molar-refractivity contribution in [3.05, 3.63) is 0 Å². The third-order valence-electron chi connectivity index (χ3n) is 1.88. The lowest BCUT2D eigenvalue weighted by Crippen LogP contribution is -2.59. The topological polar surface area (TPSA) is 55.4 Å². The zero-order valence-corrected chi connectivity index (χ0v) is 7.29. The normalized spacial score (nSPS) is 27.3. The fourth-order valence-corrected chi connectivity index (χ4v) is 1.27. The molecule has 1 N–H and O–H groups in total. The summed E-state index contributed by atoms with van der Waals surface area (Å²) in [6, 6.07) is 0. The van der Waals surface area contributed by atoms with E-state index in [1.807, 2.05) is 6.92 Å². The number of amides is 1. The highest BCUT2D eigenvalue weighted by Gasteiger charge is 2.40. The van der Waals surface area contributed by atoms with Gasteiger partial charge in [0.1, 0.15) is 0 Å². The van der Waals surface area contributed by atoms with Gasteiger partial charge in [-0.15, -0.1) is 0 Å². The van der Waals surface area contributed by atoms with Crippen LogP contribution in [0.5, 0.6) is 0 Å². The van der Waals surface area contributed by atoms with Crippen molar-refractivity contribution in [3.63, 3.8) is 0 Å². The minimum absolute atomic E-state index is 0.0110. The van der Waals surface area contributed by atoms with Crippen molar-refractivity contribution in [1.29, 1.82) is 0 Å². The van der Waals surface area contributed by atoms with E-state index in [1.54, 1.807) is 0 Å². The molecule has 2 atom stereocenters. The smallest absolute Gasteiger partial charge is 0.304 e. The molecule has 0 spiro atoms. The van der Waals surface area contributed by atoms with Crippen LogP contribution in [0, 0.1) is 5.92 Å². The Hall–Kier alpha value is -1.06. The average Bonchev–Trinajstić information content (AvgIpc) is 1.99. The number of ether oxygens (including phenoxy) is 1. The molecule has 0 saturated carbocycles. The van der Waals surface area contributed by atoms with Crippen LogP contribution in [0.4, 0.5) is 0 Å². The summed E-state index contributed by atoms with van der Waals surface area (Å²) < 4.78 is 4.85. The van der Waals surface area contributed by atoms with E-state index in [1.165, 1.54) is 6.92 Å². The summed E-state index contributed by atoms with van der Waals surface area (Å²) in [6.07, 6.45) is 1.33. The van der Waals surface area contributed by atoms with Gasteiger partial charge < -0.3 is 10.1 Å². The standard InChI is InChI=1S/C8H13NO3/c1-3-4-6-7(11)9-8(6)12-5(2)10/h6,8H,3-4H2,1-2H3,(H,9,11). The van der Waals surface area contributed by atoms with Gasteiger partial charge in [-0.1, -0.05) is 13.3 Å². The fraction of sp³-hybridized carbons (Fsp3) is 0.750. The lowest BCUT2D eigenvalue weighted by atomic mass is 9.94. The van der Waals surface area contributed by atoms with Crippen LogP contribution in [-0.4, -0.2) is 18.1 Å². The Balaban J connectivity index is 2.37. The molecule has 0 bridgehead atoms. The molecule has 4 nitrogen and oxygen atoms in total. The fourth-order valence-electron chi connectivity index (χ4n) is 1.27. The number of esters is 1. The number of carbonyl (C=O) groups is 2. The number of nitrogens with one attached hydrogen (secondary N) is 1. The molecule has 1 amide bonds. The Morgan fingerprint density at radius 1 is 1.67 bits per heavy atom. The minimum atomic E-state index is -0.380. The molecule has 0 aromatic carbocycles. The van der Waals surface area contributed by atoms with Crippen molar-refractivity contribution in [1.82, 2.24) is 5.32 Å². The quantitative estimate of drug-likeness (QED) is 0.494. The predicted molar refractivity (Wildman–Crippen MR) is 42.1 cm³/mol. The second-order valence-electron chi connectivity index (χ2n) is 2.93. The highest BCUT2D eigenvalue weighted by Crippen LogP contribution is 2.21. The van der Waals surface area contributed by atoms with Crippen molar-refractivity contribution in [2.75, 3.05) is 0 Å². The summed E-state index contributed by atoms with van der Waals surface area (Å²) in [5.74, 6) is -0.483. The Morgan fingerprint density at radius 3 is 2.75 bits per heavy atom. The van der Waals surface area contributed by atoms with Gasteiger partial charge in [0, 0.05) is 6.92 Å². The first kappa shape index (κ1) is 9.03. The molecule has 1 fully saturated rings. The second-order valence-corrected chi connectivity index (χ2v) is 2.93. The van der Waals surface area contributed by atoms with E-state index in [0.29, 0.717) is 0 Å². The summed E-state index contributed by atoms with van der Waals surface area (Å²) >= 11 is 0. The molecule has 0 aliphatic carbocycles. The van der Waals surface area contributed by atoms with Gasteiger partial charge in [0.25, 0.3) is 0 Å². The van der Waals surface area contributed by atoms with Crippen molar-refractivity contribution >= 4 is 11.9 Å². The van der Waals surface area contributed by atoms with Crippen molar-refractivity contribution in [2.45, 2.75) is 32.9 Å². The number of rotatable bonds is 3. The van der Waals surface area contributed by atoms with Gasteiger partial charge in [0.05, 0.1) is 5.92 Å². The second kappa shape index (κ2) is 3.56. The van der Waals surface area contributed by atoms with E-state index in [2.05, 4.69) is 5.32 Å². The van der Waals surface area contributed by atoms with E-state index in [0.717, 1.165) is 12.8 Å². The maximum absolute atomic E-state index is 10.9. The Labute approximate surface area is 71.3 Å². The molecule has 68 valence electrons. The molecule has 0 radical (unpaired) electrons. The van der Waals surface area contributed by atoms with E-state index in [-0.39, 0.29) is 24.0 Å². The van der Waals surface area contributed by atoms with Gasteiger partial charge in [0.2, 0.25) is 5.91 Å². The number of carbonyl (C=O) groups excluding carboxylic acids is 2. The van der Waals surface area contributed by atoms with E-state index >= 15 is 0 Å². The summed E-state index contributed by atoms with van der Waals surface area (Å²) in [4.78, 5) is 21.4. The summed E-state index contributed by atoms with van der Waals surface area (Å²) in [5, 5.41) is 2.53. The van der Waals surface area contributed by atoms with Gasteiger partial charge in [-0.05, 0) is 6.42 Å². The van der Waals surface area contributed by atoms with E-state index in [9.17, 15) is 9.59 Å². The maximum Gasteiger partial charge on any atom is 0.304 e. The predicted octanol–water partition coefficient (Wildman–Crippen LogP) is 0.422. The molecule has 1 aliphatic heterocycles. The van der Waals surface area contributed by atoms with Crippen LogP contribution in [0.3, 0.4) is 0 Å². The van der Waals surface area contributed by atoms with Crippen LogP contribution >= 0.6 is 0 Å². The number of β-lactam (4-membered cyclic amide) rings is 1. The Morgan fingerprint density at radius 2 is 2.33 bits per heavy atom. The van der Waals surface area contributed by atoms with Gasteiger partial charge in [-0.25, -0.2) is 0 Å². The molecule has 1 saturated heterocycles. The van der Waals surface area contributed by atoms with Crippen molar-refractivity contribution in [3.8, 4) is 0 Å². The lowest BCUT2D eigenvalue weighted by molar-refractivity contribution is -0.167. The lowest BCUT2D eigenvalue weighted by Gasteiger charge is -2.35. The van der Waals surface area contributed by atoms with Crippen LogP contribution in [0.1, 0.15) is 26.7 Å². The van der Waals surface area contributed by atoms with Crippen LogP contribution < -0.4 is 5.32 Å². The van der Waals surface area contributed by atoms with Crippen molar-refractivity contribution in [2.24, 2.45) is 5.92 Å². The Kier molecular flexibility index (Phi) is 2.68. The summed E-state index contributed by atoms with van der Waals surface area (Å²) in [7, 11) is 0. The largest absolute Gasteiger partial charge is 0.441 e.